The van der Waals surface area contributed by atoms with E-state index in [1.54, 1.807) is 30.3 Å². The van der Waals surface area contributed by atoms with Crippen LogP contribution in [0.2, 0.25) is 0 Å². The Morgan fingerprint density at radius 1 is 0.793 bits per heavy atom. The van der Waals surface area contributed by atoms with E-state index in [2.05, 4.69) is 31.6 Å². The van der Waals surface area contributed by atoms with Crippen LogP contribution in [0.5, 0.6) is 0 Å². The molecule has 324 valence electrons. The van der Waals surface area contributed by atoms with E-state index in [0.717, 1.165) is 0 Å². The lowest BCUT2D eigenvalue weighted by atomic mass is 10.0. The molecule has 0 unspecified atom stereocenters. The van der Waals surface area contributed by atoms with Gasteiger partial charge in [0.2, 0.25) is 41.4 Å². The van der Waals surface area contributed by atoms with E-state index in [0.29, 0.717) is 12.0 Å². The van der Waals surface area contributed by atoms with E-state index in [1.165, 1.54) is 18.7 Å². The minimum Gasteiger partial charge on any atom is -0.394 e. The van der Waals surface area contributed by atoms with Crippen molar-refractivity contribution in [3.05, 3.63) is 35.9 Å². The van der Waals surface area contributed by atoms with Gasteiger partial charge < -0.3 is 69.7 Å². The van der Waals surface area contributed by atoms with Crippen LogP contribution >= 0.6 is 0 Å². The topological polar surface area (TPSA) is 360 Å². The molecular formula is C37H61N11O10. The molecule has 0 radical (unpaired) electrons. The Morgan fingerprint density at radius 2 is 1.38 bits per heavy atom. The van der Waals surface area contributed by atoms with Crippen molar-refractivity contribution in [3.8, 4) is 0 Å². The van der Waals surface area contributed by atoms with Gasteiger partial charge in [0.15, 0.2) is 5.96 Å². The van der Waals surface area contributed by atoms with Gasteiger partial charge in [-0.25, -0.2) is 0 Å². The molecule has 16 N–H and O–H groups in total. The number of rotatable bonds is 23. The summed E-state index contributed by atoms with van der Waals surface area (Å²) in [4.78, 5) is 98.0. The second-order valence-electron chi connectivity index (χ2n) is 14.8. The van der Waals surface area contributed by atoms with Crippen molar-refractivity contribution >= 4 is 47.3 Å². The molecule has 1 aliphatic rings. The third kappa shape index (κ3) is 15.5. The maximum Gasteiger partial charge on any atom is 0.248 e. The highest BCUT2D eigenvalue weighted by Gasteiger charge is 2.41. The van der Waals surface area contributed by atoms with Crippen LogP contribution in [0.4, 0.5) is 0 Å². The number of aliphatic hydroxyl groups is 3. The first kappa shape index (κ1) is 48.8. The van der Waals surface area contributed by atoms with E-state index < -0.39 is 102 Å². The van der Waals surface area contributed by atoms with Gasteiger partial charge in [0.25, 0.3) is 0 Å². The van der Waals surface area contributed by atoms with E-state index in [1.807, 2.05) is 13.8 Å². The van der Waals surface area contributed by atoms with Crippen LogP contribution in [0.15, 0.2) is 35.3 Å². The van der Waals surface area contributed by atoms with Gasteiger partial charge in [0.1, 0.15) is 42.3 Å². The number of amides is 7. The van der Waals surface area contributed by atoms with Crippen LogP contribution in [-0.4, -0.2) is 142 Å². The molecule has 1 heterocycles. The second kappa shape index (κ2) is 23.8. The molecule has 21 heteroatoms. The molecule has 0 saturated carbocycles. The highest BCUT2D eigenvalue weighted by atomic mass is 16.3. The van der Waals surface area contributed by atoms with Crippen molar-refractivity contribution in [1.29, 1.82) is 0 Å². The van der Waals surface area contributed by atoms with E-state index >= 15 is 0 Å². The Labute approximate surface area is 337 Å². The number of nitrogens with one attached hydrogen (secondary N) is 5. The standard InChI is InChI=1S/C37H61N11O10/c1-19(2)16-24(30(39)52)44-31(53)23(12-8-14-42-37(40)41)43-34(56)27-13-9-15-48(27)36(58)29(21(4)51)47-32(54)25(17-22-10-6-5-7-11-22)45-33(55)26(18-49)46-35(57)28(38)20(3)50/h5-7,10-11,19-21,23-29,49-51H,8-9,12-18,38H2,1-4H3,(H2,39,52)(H,43,56)(H,44,53)(H,45,55)(H,46,57)(H,47,54)(H4,40,41,42)/t20-,21-,23+,24+,25+,26+,27+,28+,29+/m1/s1. The number of guanidine groups is 1. The van der Waals surface area contributed by atoms with Gasteiger partial charge in [-0.3, -0.25) is 38.6 Å². The summed E-state index contributed by atoms with van der Waals surface area (Å²) in [6, 6.07) is -0.844. The van der Waals surface area contributed by atoms with E-state index in [-0.39, 0.29) is 57.1 Å². The van der Waals surface area contributed by atoms with Gasteiger partial charge >= 0.3 is 0 Å². The third-order valence-electron chi connectivity index (χ3n) is 9.38. The largest absolute Gasteiger partial charge is 0.394 e. The number of aliphatic imine (C=N–C) groups is 1. The zero-order valence-corrected chi connectivity index (χ0v) is 33.4. The highest BCUT2D eigenvalue weighted by molar-refractivity contribution is 5.97. The Kier molecular flexibility index (Phi) is 20.0. The average molecular weight is 820 g/mol. The molecule has 7 amide bonds. The summed E-state index contributed by atoms with van der Waals surface area (Å²) in [5.74, 6) is -5.96. The van der Waals surface area contributed by atoms with Crippen molar-refractivity contribution in [1.82, 2.24) is 31.5 Å². The predicted molar refractivity (Wildman–Crippen MR) is 212 cm³/mol. The molecule has 1 fully saturated rings. The van der Waals surface area contributed by atoms with Crippen molar-refractivity contribution in [2.75, 3.05) is 19.7 Å². The quantitative estimate of drug-likeness (QED) is 0.0281. The Bertz CT molecular complexity index is 1590. The van der Waals surface area contributed by atoms with Crippen LogP contribution in [-0.2, 0) is 40.0 Å². The van der Waals surface area contributed by atoms with E-state index in [9.17, 15) is 48.9 Å². The summed E-state index contributed by atoms with van der Waals surface area (Å²) >= 11 is 0. The molecule has 1 saturated heterocycles. The van der Waals surface area contributed by atoms with E-state index in [4.69, 9.17) is 22.9 Å². The number of hydrogen-bond donors (Lipinski definition) is 12. The molecule has 1 aromatic carbocycles. The zero-order chi connectivity index (χ0) is 43.7. The zero-order valence-electron chi connectivity index (χ0n) is 33.4. The maximum atomic E-state index is 14.1. The van der Waals surface area contributed by atoms with Crippen LogP contribution < -0.4 is 49.5 Å². The SMILES string of the molecule is CC(C)C[C@H](NC(=O)[C@H](CCCN=C(N)N)NC(=O)[C@@H]1CCCN1C(=O)[C@@H](NC(=O)[C@H](Cc1ccccc1)NC(=O)[C@H](CO)NC(=O)[C@@H](N)[C@@H](C)O)[C@@H](C)O)C(N)=O. The first-order valence-electron chi connectivity index (χ1n) is 19.2. The van der Waals surface area contributed by atoms with Crippen LogP contribution in [0.3, 0.4) is 0 Å². The molecular weight excluding hydrogens is 758 g/mol. The van der Waals surface area contributed by atoms with Gasteiger partial charge in [0.05, 0.1) is 18.8 Å². The Balaban J connectivity index is 2.32. The number of primary amides is 1. The number of hydrogen-bond acceptors (Lipinski definition) is 12. The fourth-order valence-electron chi connectivity index (χ4n) is 6.17. The molecule has 0 aromatic heterocycles. The lowest BCUT2D eigenvalue weighted by molar-refractivity contribution is -0.144. The summed E-state index contributed by atoms with van der Waals surface area (Å²) in [5, 5.41) is 42.8. The minimum absolute atomic E-state index is 0.00370. The molecule has 1 aliphatic heterocycles. The summed E-state index contributed by atoms with van der Waals surface area (Å²) in [7, 11) is 0. The van der Waals surface area contributed by atoms with Crippen LogP contribution in [0.1, 0.15) is 65.4 Å². The Hall–Kier alpha value is -5.38. The minimum atomic E-state index is -1.61. The van der Waals surface area contributed by atoms with Crippen LogP contribution in [0.25, 0.3) is 0 Å². The lowest BCUT2D eigenvalue weighted by Gasteiger charge is -2.32. The predicted octanol–water partition coefficient (Wildman–Crippen LogP) is -4.69. The smallest absolute Gasteiger partial charge is 0.248 e. The first-order valence-corrected chi connectivity index (χ1v) is 19.2. The fourth-order valence-corrected chi connectivity index (χ4v) is 6.17. The summed E-state index contributed by atoms with van der Waals surface area (Å²) in [6.07, 6.45) is -1.78. The molecule has 0 aliphatic carbocycles. The second-order valence-corrected chi connectivity index (χ2v) is 14.8. The highest BCUT2D eigenvalue weighted by Crippen LogP contribution is 2.20. The molecule has 1 aromatic rings. The summed E-state index contributed by atoms with van der Waals surface area (Å²) in [6.45, 7) is 5.52. The Morgan fingerprint density at radius 3 is 1.93 bits per heavy atom. The molecule has 0 spiro atoms. The van der Waals surface area contributed by atoms with Gasteiger partial charge in [-0.15, -0.1) is 0 Å². The molecule has 58 heavy (non-hydrogen) atoms. The summed E-state index contributed by atoms with van der Waals surface area (Å²) in [5.41, 5.74) is 22.6. The number of aliphatic hydroxyl groups excluding tert-OH is 3. The van der Waals surface area contributed by atoms with Crippen molar-refractivity contribution in [3.63, 3.8) is 0 Å². The van der Waals surface area contributed by atoms with Gasteiger partial charge in [0, 0.05) is 19.5 Å². The number of likely N-dealkylation sites (tertiary alicyclic amines) is 1. The molecule has 9 atom stereocenters. The third-order valence-corrected chi connectivity index (χ3v) is 9.38. The van der Waals surface area contributed by atoms with Crippen molar-refractivity contribution in [2.45, 2.75) is 121 Å². The maximum absolute atomic E-state index is 14.1. The molecule has 2 rings (SSSR count). The average Bonchev–Trinajstić information content (AvgIpc) is 3.66. The first-order chi connectivity index (χ1) is 27.3. The van der Waals surface area contributed by atoms with Gasteiger partial charge in [-0.05, 0) is 57.4 Å². The molecule has 21 nitrogen and oxygen atoms in total. The van der Waals surface area contributed by atoms with Crippen molar-refractivity contribution in [2.24, 2.45) is 33.8 Å². The number of nitrogens with zero attached hydrogens (tertiary/aromatic N) is 2. The number of carbonyl (C=O) groups is 7. The normalized spacial score (nSPS) is 17.9. The van der Waals surface area contributed by atoms with Crippen molar-refractivity contribution < 1.29 is 48.9 Å². The fraction of sp³-hybridized carbons (Fsp3) is 0.622. The van der Waals surface area contributed by atoms with Gasteiger partial charge in [-0.1, -0.05) is 44.2 Å². The van der Waals surface area contributed by atoms with Crippen LogP contribution in [0, 0.1) is 5.92 Å². The number of benzene rings is 1. The number of nitrogens with two attached hydrogens (primary N) is 4. The lowest BCUT2D eigenvalue weighted by Crippen LogP contribution is -2.62. The monoisotopic (exact) mass is 819 g/mol. The van der Waals surface area contributed by atoms with Gasteiger partial charge in [-0.2, -0.15) is 0 Å². The molecule has 0 bridgehead atoms. The number of carbonyl (C=O) groups excluding carboxylic acids is 7. The summed E-state index contributed by atoms with van der Waals surface area (Å²) < 4.78 is 0.